The van der Waals surface area contributed by atoms with E-state index in [-0.39, 0.29) is 5.97 Å². The zero-order chi connectivity index (χ0) is 9.03. The van der Waals surface area contributed by atoms with Gasteiger partial charge in [0.25, 0.3) is 0 Å². The molecular formula is C9H13NO2. The first-order chi connectivity index (χ1) is 5.69. The molecule has 3 nitrogen and oxygen atoms in total. The fourth-order valence-corrected chi connectivity index (χ4v) is 0.981. The highest BCUT2D eigenvalue weighted by atomic mass is 16.5. The minimum Gasteiger partial charge on any atom is -0.464 e. The summed E-state index contributed by atoms with van der Waals surface area (Å²) in [5.74, 6) is -0.245. The van der Waals surface area contributed by atoms with Crippen LogP contribution in [-0.2, 0) is 9.53 Å². The third-order valence-electron chi connectivity index (χ3n) is 1.72. The molecule has 0 aromatic carbocycles. The van der Waals surface area contributed by atoms with Crippen molar-refractivity contribution in [1.82, 2.24) is 5.32 Å². The fourth-order valence-electron chi connectivity index (χ4n) is 0.981. The molecule has 66 valence electrons. The van der Waals surface area contributed by atoms with Crippen molar-refractivity contribution in [2.75, 3.05) is 6.61 Å². The van der Waals surface area contributed by atoms with Crippen molar-refractivity contribution in [1.29, 1.82) is 0 Å². The van der Waals surface area contributed by atoms with Crippen LogP contribution in [0.3, 0.4) is 0 Å². The highest BCUT2D eigenvalue weighted by molar-refractivity contribution is 5.83. The smallest absolute Gasteiger partial charge is 0.335 e. The summed E-state index contributed by atoms with van der Waals surface area (Å²) >= 11 is 0. The summed E-state index contributed by atoms with van der Waals surface area (Å²) in [5.41, 5.74) is -0.690. The predicted octanol–water partition coefficient (Wildman–Crippen LogP) is 0.981. The molecular weight excluding hydrogens is 154 g/mol. The number of esters is 1. The topological polar surface area (TPSA) is 38.3 Å². The summed E-state index contributed by atoms with van der Waals surface area (Å²) in [6, 6.07) is 0. The molecule has 0 radical (unpaired) electrons. The molecule has 0 saturated heterocycles. The zero-order valence-corrected chi connectivity index (χ0v) is 7.33. The maximum atomic E-state index is 11.4. The number of ether oxygens (including phenoxy) is 1. The number of hydrogen-bond donors (Lipinski definition) is 1. The Labute approximate surface area is 72.1 Å². The Balaban J connectivity index is 2.65. The molecule has 0 amide bonds. The normalized spacial score (nSPS) is 26.5. The van der Waals surface area contributed by atoms with Gasteiger partial charge in [0.05, 0.1) is 6.61 Å². The Morgan fingerprint density at radius 1 is 1.58 bits per heavy atom. The van der Waals surface area contributed by atoms with Gasteiger partial charge in [0.2, 0.25) is 0 Å². The van der Waals surface area contributed by atoms with Gasteiger partial charge in [0, 0.05) is 0 Å². The molecule has 0 bridgehead atoms. The lowest BCUT2D eigenvalue weighted by Crippen LogP contribution is -2.47. The van der Waals surface area contributed by atoms with Gasteiger partial charge < -0.3 is 10.1 Å². The lowest BCUT2D eigenvalue weighted by Gasteiger charge is -2.25. The quantitative estimate of drug-likeness (QED) is 0.623. The van der Waals surface area contributed by atoms with Gasteiger partial charge in [0.15, 0.2) is 5.54 Å². The highest BCUT2D eigenvalue weighted by Gasteiger charge is 2.31. The number of rotatable bonds is 2. The lowest BCUT2D eigenvalue weighted by atomic mass is 10.0. The maximum absolute atomic E-state index is 11.4. The maximum Gasteiger partial charge on any atom is 0.335 e. The largest absolute Gasteiger partial charge is 0.464 e. The number of nitrogens with one attached hydrogen (secondary N) is 1. The van der Waals surface area contributed by atoms with Crippen molar-refractivity contribution in [2.45, 2.75) is 19.4 Å². The van der Waals surface area contributed by atoms with Gasteiger partial charge in [0.1, 0.15) is 0 Å². The molecule has 1 aliphatic rings. The summed E-state index contributed by atoms with van der Waals surface area (Å²) in [4.78, 5) is 11.4. The van der Waals surface area contributed by atoms with Crippen molar-refractivity contribution in [3.63, 3.8) is 0 Å². The van der Waals surface area contributed by atoms with Gasteiger partial charge >= 0.3 is 5.97 Å². The van der Waals surface area contributed by atoms with Gasteiger partial charge in [-0.15, -0.1) is 0 Å². The Morgan fingerprint density at radius 3 is 2.83 bits per heavy atom. The van der Waals surface area contributed by atoms with Crippen molar-refractivity contribution in [3.05, 3.63) is 24.4 Å². The molecule has 0 aliphatic carbocycles. The lowest BCUT2D eigenvalue weighted by molar-refractivity contribution is -0.148. The minimum absolute atomic E-state index is 0.245. The van der Waals surface area contributed by atoms with E-state index in [1.165, 1.54) is 0 Å². The summed E-state index contributed by atoms with van der Waals surface area (Å²) in [5, 5.41) is 2.94. The molecule has 0 spiro atoms. The first-order valence-corrected chi connectivity index (χ1v) is 3.98. The Kier molecular flexibility index (Phi) is 2.53. The number of dihydropyridines is 1. The van der Waals surface area contributed by atoms with Gasteiger partial charge in [-0.25, -0.2) is 4.79 Å². The van der Waals surface area contributed by atoms with E-state index in [9.17, 15) is 4.79 Å². The fraction of sp³-hybridized carbons (Fsp3) is 0.444. The van der Waals surface area contributed by atoms with Crippen molar-refractivity contribution < 1.29 is 9.53 Å². The van der Waals surface area contributed by atoms with Crippen LogP contribution in [0.25, 0.3) is 0 Å². The van der Waals surface area contributed by atoms with Crippen LogP contribution in [0.4, 0.5) is 0 Å². The molecule has 1 atom stereocenters. The van der Waals surface area contributed by atoms with E-state index in [2.05, 4.69) is 5.32 Å². The second-order valence-electron chi connectivity index (χ2n) is 2.79. The summed E-state index contributed by atoms with van der Waals surface area (Å²) in [6.07, 6.45) is 7.18. The van der Waals surface area contributed by atoms with Crippen LogP contribution >= 0.6 is 0 Å². The second-order valence-corrected chi connectivity index (χ2v) is 2.79. The average molecular weight is 167 g/mol. The number of carbonyl (C=O) groups excluding carboxylic acids is 1. The molecule has 0 fully saturated rings. The molecule has 12 heavy (non-hydrogen) atoms. The Morgan fingerprint density at radius 2 is 2.33 bits per heavy atom. The zero-order valence-electron chi connectivity index (χ0n) is 7.33. The van der Waals surface area contributed by atoms with Crippen LogP contribution in [0.2, 0.25) is 0 Å². The van der Waals surface area contributed by atoms with Crippen molar-refractivity contribution >= 4 is 5.97 Å². The molecule has 1 N–H and O–H groups in total. The summed E-state index contributed by atoms with van der Waals surface area (Å²) in [7, 11) is 0. The molecule has 3 heteroatoms. The summed E-state index contributed by atoms with van der Waals surface area (Å²) < 4.78 is 4.90. The van der Waals surface area contributed by atoms with Crippen LogP contribution in [0.15, 0.2) is 24.4 Å². The van der Waals surface area contributed by atoms with Gasteiger partial charge in [-0.2, -0.15) is 0 Å². The van der Waals surface area contributed by atoms with Crippen molar-refractivity contribution in [3.8, 4) is 0 Å². The van der Waals surface area contributed by atoms with E-state index in [0.29, 0.717) is 6.61 Å². The minimum atomic E-state index is -0.690. The second kappa shape index (κ2) is 3.43. The van der Waals surface area contributed by atoms with Crippen LogP contribution in [-0.4, -0.2) is 18.1 Å². The first-order valence-electron chi connectivity index (χ1n) is 3.98. The van der Waals surface area contributed by atoms with E-state index in [4.69, 9.17) is 4.74 Å². The molecule has 1 heterocycles. The van der Waals surface area contributed by atoms with E-state index >= 15 is 0 Å². The van der Waals surface area contributed by atoms with Gasteiger partial charge in [-0.1, -0.05) is 6.08 Å². The number of allylic oxidation sites excluding steroid dienone is 2. The molecule has 1 rings (SSSR count). The van der Waals surface area contributed by atoms with Gasteiger partial charge in [-0.3, -0.25) is 0 Å². The Hall–Kier alpha value is -1.25. The van der Waals surface area contributed by atoms with Crippen LogP contribution in [0, 0.1) is 0 Å². The third-order valence-corrected chi connectivity index (χ3v) is 1.72. The molecule has 0 aromatic heterocycles. The highest BCUT2D eigenvalue weighted by Crippen LogP contribution is 2.11. The van der Waals surface area contributed by atoms with Crippen molar-refractivity contribution in [2.24, 2.45) is 0 Å². The van der Waals surface area contributed by atoms with E-state index in [1.807, 2.05) is 12.2 Å². The molecule has 1 aliphatic heterocycles. The monoisotopic (exact) mass is 167 g/mol. The van der Waals surface area contributed by atoms with E-state index in [0.717, 1.165) is 0 Å². The molecule has 1 unspecified atom stereocenters. The van der Waals surface area contributed by atoms with Crippen LogP contribution < -0.4 is 5.32 Å². The van der Waals surface area contributed by atoms with E-state index < -0.39 is 5.54 Å². The van der Waals surface area contributed by atoms with Gasteiger partial charge in [-0.05, 0) is 32.2 Å². The standard InChI is InChI=1S/C9H13NO2/c1-3-12-8(11)9(2)6-4-5-7-10-9/h4-7,10H,3H2,1-2H3. The number of carbonyl (C=O) groups is 1. The first kappa shape index (κ1) is 8.84. The predicted molar refractivity (Wildman–Crippen MR) is 46.5 cm³/mol. The SMILES string of the molecule is CCOC(=O)C1(C)C=CC=CN1. The average Bonchev–Trinajstić information content (AvgIpc) is 2.06. The Bertz CT molecular complexity index is 233. The van der Waals surface area contributed by atoms with E-state index in [1.54, 1.807) is 26.1 Å². The third kappa shape index (κ3) is 1.67. The summed E-state index contributed by atoms with van der Waals surface area (Å²) in [6.45, 7) is 3.99. The number of hydrogen-bond acceptors (Lipinski definition) is 3. The molecule has 0 saturated carbocycles. The molecule has 0 aromatic rings. The van der Waals surface area contributed by atoms with Crippen LogP contribution in [0.1, 0.15) is 13.8 Å². The van der Waals surface area contributed by atoms with Crippen LogP contribution in [0.5, 0.6) is 0 Å².